The molecular weight excluding hydrogens is 484 g/mol. The fraction of sp³-hybridized carbons (Fsp3) is 0.238. The predicted molar refractivity (Wildman–Crippen MR) is 127 cm³/mol. The molecule has 0 amide bonds. The van der Waals surface area contributed by atoms with Crippen molar-refractivity contribution < 1.29 is 14.2 Å². The zero-order valence-corrected chi connectivity index (χ0v) is 19.8. The molecule has 1 heterocycles. The molecule has 3 rings (SSSR count). The van der Waals surface area contributed by atoms with Crippen molar-refractivity contribution in [2.45, 2.75) is 6.42 Å². The highest BCUT2D eigenvalue weighted by atomic mass is 35.5. The van der Waals surface area contributed by atoms with E-state index in [9.17, 15) is 5.26 Å². The second-order valence-electron chi connectivity index (χ2n) is 6.16. The molecule has 0 unspecified atom stereocenters. The number of nitrogens with one attached hydrogen (secondary N) is 1. The van der Waals surface area contributed by atoms with Crippen molar-refractivity contribution in [3.63, 3.8) is 0 Å². The van der Waals surface area contributed by atoms with E-state index in [0.29, 0.717) is 74.0 Å². The van der Waals surface area contributed by atoms with Crippen LogP contribution in [0.4, 0.5) is 11.4 Å². The fourth-order valence-electron chi connectivity index (χ4n) is 2.84. The highest BCUT2D eigenvalue weighted by Gasteiger charge is 2.16. The van der Waals surface area contributed by atoms with Gasteiger partial charge in [0, 0.05) is 29.6 Å². The number of alkyl halides is 1. The smallest absolute Gasteiger partial charge is 0.163 e. The van der Waals surface area contributed by atoms with Gasteiger partial charge in [0.25, 0.3) is 0 Å². The number of nitriles is 1. The molecule has 0 bridgehead atoms. The molecule has 3 aromatic rings. The lowest BCUT2D eigenvalue weighted by molar-refractivity contribution is 0.295. The van der Waals surface area contributed by atoms with Crippen molar-refractivity contribution in [2.75, 3.05) is 32.0 Å². The van der Waals surface area contributed by atoms with E-state index < -0.39 is 0 Å². The number of ether oxygens (including phenoxy) is 3. The molecule has 0 atom stereocenters. The van der Waals surface area contributed by atoms with Gasteiger partial charge in [-0.1, -0.05) is 23.2 Å². The third kappa shape index (κ3) is 5.50. The van der Waals surface area contributed by atoms with Gasteiger partial charge < -0.3 is 19.5 Å². The number of methoxy groups -OCH3 is 2. The molecular formula is C21H19Cl4N3O3. The lowest BCUT2D eigenvalue weighted by Crippen LogP contribution is -2.02. The quantitative estimate of drug-likeness (QED) is 0.276. The SMILES string of the molecule is COc1cc(Nc2c(C#N)cnc3cc(OCCCCl)c(OC)cc23)c(Cl)cc1Cl.Cl. The number of rotatable bonds is 8. The minimum absolute atomic E-state index is 0. The van der Waals surface area contributed by atoms with Gasteiger partial charge in [-0.25, -0.2) is 0 Å². The van der Waals surface area contributed by atoms with Gasteiger partial charge in [-0.2, -0.15) is 5.26 Å². The first-order chi connectivity index (χ1) is 14.5. The summed E-state index contributed by atoms with van der Waals surface area (Å²) in [6.07, 6.45) is 2.19. The number of hydrogen-bond acceptors (Lipinski definition) is 6. The Bertz CT molecular complexity index is 1120. The number of fused-ring (bicyclic) bond motifs is 1. The van der Waals surface area contributed by atoms with Crippen LogP contribution in [0.25, 0.3) is 10.9 Å². The van der Waals surface area contributed by atoms with Gasteiger partial charge in [0.1, 0.15) is 11.8 Å². The Morgan fingerprint density at radius 1 is 1.03 bits per heavy atom. The van der Waals surface area contributed by atoms with Crippen LogP contribution < -0.4 is 19.5 Å². The molecule has 0 saturated carbocycles. The zero-order chi connectivity index (χ0) is 21.7. The van der Waals surface area contributed by atoms with E-state index in [4.69, 9.17) is 49.0 Å². The second-order valence-corrected chi connectivity index (χ2v) is 7.35. The van der Waals surface area contributed by atoms with Crippen molar-refractivity contribution in [3.8, 4) is 23.3 Å². The number of aromatic nitrogens is 1. The first-order valence-corrected chi connectivity index (χ1v) is 10.2. The van der Waals surface area contributed by atoms with Crippen LogP contribution in [0.2, 0.25) is 10.0 Å². The zero-order valence-electron chi connectivity index (χ0n) is 16.7. The molecule has 0 aliphatic heterocycles. The largest absolute Gasteiger partial charge is 0.495 e. The summed E-state index contributed by atoms with van der Waals surface area (Å²) in [6.45, 7) is 0.451. The lowest BCUT2D eigenvalue weighted by atomic mass is 10.1. The molecule has 6 nitrogen and oxygen atoms in total. The van der Waals surface area contributed by atoms with E-state index >= 15 is 0 Å². The van der Waals surface area contributed by atoms with E-state index in [2.05, 4.69) is 16.4 Å². The standard InChI is InChI=1S/C21H18Cl3N3O3.ClH/c1-28-18-9-17(14(23)7-15(18)24)27-21-12(10-25)11-26-16-8-20(30-5-3-4-22)19(29-2)6-13(16)21;/h6-9,11H,3-5H2,1-2H3,(H,26,27);1H. The number of pyridine rings is 1. The Kier molecular flexibility index (Phi) is 9.15. The molecule has 0 radical (unpaired) electrons. The van der Waals surface area contributed by atoms with Crippen LogP contribution in [0.15, 0.2) is 30.5 Å². The molecule has 10 heteroatoms. The summed E-state index contributed by atoms with van der Waals surface area (Å²) in [7, 11) is 3.06. The Morgan fingerprint density at radius 3 is 2.42 bits per heavy atom. The Balaban J connectivity index is 0.00000341. The third-order valence-corrected chi connectivity index (χ3v) is 5.19. The van der Waals surface area contributed by atoms with Gasteiger partial charge >= 0.3 is 0 Å². The van der Waals surface area contributed by atoms with Gasteiger partial charge in [0.05, 0.1) is 53.3 Å². The van der Waals surface area contributed by atoms with Crippen LogP contribution in [0.1, 0.15) is 12.0 Å². The number of anilines is 2. The first kappa shape index (κ1) is 25.0. The van der Waals surface area contributed by atoms with Gasteiger partial charge in [0.2, 0.25) is 0 Å². The monoisotopic (exact) mass is 501 g/mol. The topological polar surface area (TPSA) is 76.4 Å². The summed E-state index contributed by atoms with van der Waals surface area (Å²) in [5, 5.41) is 14.3. The predicted octanol–water partition coefficient (Wildman–Crippen LogP) is 6.60. The average molecular weight is 503 g/mol. The summed E-state index contributed by atoms with van der Waals surface area (Å²) in [5.41, 5.74) is 2.02. The minimum atomic E-state index is 0. The summed E-state index contributed by atoms with van der Waals surface area (Å²) < 4.78 is 16.5. The molecule has 2 aromatic carbocycles. The number of halogens is 4. The third-order valence-electron chi connectivity index (χ3n) is 4.31. The van der Waals surface area contributed by atoms with Gasteiger partial charge in [-0.15, -0.1) is 24.0 Å². The molecule has 0 spiro atoms. The number of nitrogens with zero attached hydrogens (tertiary/aromatic N) is 2. The Labute approximate surface area is 201 Å². The Morgan fingerprint density at radius 2 is 1.77 bits per heavy atom. The summed E-state index contributed by atoms with van der Waals surface area (Å²) >= 11 is 18.2. The van der Waals surface area contributed by atoms with Crippen LogP contribution in [0, 0.1) is 11.3 Å². The van der Waals surface area contributed by atoms with Gasteiger partial charge in [0.15, 0.2) is 11.5 Å². The fourth-order valence-corrected chi connectivity index (χ4v) is 3.46. The van der Waals surface area contributed by atoms with Crippen molar-refractivity contribution in [1.82, 2.24) is 4.98 Å². The lowest BCUT2D eigenvalue weighted by Gasteiger charge is -2.16. The van der Waals surface area contributed by atoms with Crippen molar-refractivity contribution >= 4 is 69.5 Å². The van der Waals surface area contributed by atoms with Crippen molar-refractivity contribution in [3.05, 3.63) is 46.1 Å². The molecule has 1 aromatic heterocycles. The normalized spacial score (nSPS) is 10.2. The number of benzene rings is 2. The number of hydrogen-bond donors (Lipinski definition) is 1. The summed E-state index contributed by atoms with van der Waals surface area (Å²) in [6, 6.07) is 8.92. The van der Waals surface area contributed by atoms with E-state index in [1.54, 1.807) is 31.4 Å². The van der Waals surface area contributed by atoms with Crippen molar-refractivity contribution in [1.29, 1.82) is 5.26 Å². The summed E-state index contributed by atoms with van der Waals surface area (Å²) in [4.78, 5) is 4.39. The van der Waals surface area contributed by atoms with Crippen molar-refractivity contribution in [2.24, 2.45) is 0 Å². The van der Waals surface area contributed by atoms with Crippen LogP contribution in [0.3, 0.4) is 0 Å². The highest BCUT2D eigenvalue weighted by molar-refractivity contribution is 6.37. The van der Waals surface area contributed by atoms with Crippen LogP contribution >= 0.6 is 47.2 Å². The van der Waals surface area contributed by atoms with E-state index in [1.165, 1.54) is 13.3 Å². The maximum Gasteiger partial charge on any atom is 0.163 e. The van der Waals surface area contributed by atoms with Crippen LogP contribution in [0.5, 0.6) is 17.2 Å². The van der Waals surface area contributed by atoms with Gasteiger partial charge in [-0.3, -0.25) is 4.98 Å². The van der Waals surface area contributed by atoms with Crippen LogP contribution in [-0.2, 0) is 0 Å². The molecule has 0 aliphatic rings. The molecule has 0 fully saturated rings. The highest BCUT2D eigenvalue weighted by Crippen LogP contribution is 2.40. The second kappa shape index (κ2) is 11.4. The molecule has 0 saturated heterocycles. The molecule has 31 heavy (non-hydrogen) atoms. The maximum absolute atomic E-state index is 9.62. The molecule has 1 N–H and O–H groups in total. The first-order valence-electron chi connectivity index (χ1n) is 8.92. The van der Waals surface area contributed by atoms with E-state index in [-0.39, 0.29) is 12.4 Å². The molecule has 0 aliphatic carbocycles. The van der Waals surface area contributed by atoms with E-state index in [0.717, 1.165) is 0 Å². The molecule has 164 valence electrons. The van der Waals surface area contributed by atoms with Crippen LogP contribution in [-0.4, -0.2) is 31.7 Å². The Hall–Kier alpha value is -2.30. The van der Waals surface area contributed by atoms with E-state index in [1.807, 2.05) is 0 Å². The minimum Gasteiger partial charge on any atom is -0.495 e. The van der Waals surface area contributed by atoms with Gasteiger partial charge in [-0.05, 0) is 18.6 Å². The summed E-state index contributed by atoms with van der Waals surface area (Å²) in [5.74, 6) is 2.01. The maximum atomic E-state index is 9.62. The average Bonchev–Trinajstić information content (AvgIpc) is 2.75.